The van der Waals surface area contributed by atoms with Gasteiger partial charge in [0.25, 0.3) is 0 Å². The van der Waals surface area contributed by atoms with Crippen LogP contribution in [0.5, 0.6) is 0 Å². The van der Waals surface area contributed by atoms with E-state index >= 15 is 0 Å². The van der Waals surface area contributed by atoms with Gasteiger partial charge < -0.3 is 15.2 Å². The highest BCUT2D eigenvalue weighted by Gasteiger charge is 2.19. The SMILES string of the molecule is Cc1noc(C)c1NC(=O)C(=O)NC[C@@H](C)c1ccccc1. The molecule has 0 aliphatic rings. The maximum Gasteiger partial charge on any atom is 0.313 e. The smallest absolute Gasteiger partial charge is 0.313 e. The van der Waals surface area contributed by atoms with Crippen LogP contribution in [0, 0.1) is 13.8 Å². The first kappa shape index (κ1) is 15.8. The Morgan fingerprint density at radius 2 is 1.86 bits per heavy atom. The summed E-state index contributed by atoms with van der Waals surface area (Å²) >= 11 is 0. The van der Waals surface area contributed by atoms with E-state index in [-0.39, 0.29) is 5.92 Å². The summed E-state index contributed by atoms with van der Waals surface area (Å²) in [6.07, 6.45) is 0. The average molecular weight is 301 g/mol. The molecule has 0 spiro atoms. The molecule has 0 aliphatic heterocycles. The predicted molar refractivity (Wildman–Crippen MR) is 82.5 cm³/mol. The van der Waals surface area contributed by atoms with Crippen molar-refractivity contribution >= 4 is 17.5 Å². The Morgan fingerprint density at radius 3 is 2.45 bits per heavy atom. The molecule has 0 unspecified atom stereocenters. The molecule has 22 heavy (non-hydrogen) atoms. The summed E-state index contributed by atoms with van der Waals surface area (Å²) in [5.41, 5.74) is 2.08. The van der Waals surface area contributed by atoms with Gasteiger partial charge in [-0.25, -0.2) is 0 Å². The first-order valence-electron chi connectivity index (χ1n) is 7.06. The minimum absolute atomic E-state index is 0.122. The van der Waals surface area contributed by atoms with Gasteiger partial charge in [-0.15, -0.1) is 0 Å². The van der Waals surface area contributed by atoms with E-state index in [0.717, 1.165) is 5.56 Å². The molecule has 0 aliphatic carbocycles. The van der Waals surface area contributed by atoms with Crippen molar-refractivity contribution in [3.8, 4) is 0 Å². The van der Waals surface area contributed by atoms with Crippen LogP contribution in [0.1, 0.15) is 29.9 Å². The lowest BCUT2D eigenvalue weighted by Crippen LogP contribution is -2.37. The molecule has 2 aromatic rings. The summed E-state index contributed by atoms with van der Waals surface area (Å²) in [4.78, 5) is 23.7. The zero-order chi connectivity index (χ0) is 16.1. The van der Waals surface area contributed by atoms with Crippen LogP contribution in [0.15, 0.2) is 34.9 Å². The quantitative estimate of drug-likeness (QED) is 0.847. The number of hydrogen-bond acceptors (Lipinski definition) is 4. The van der Waals surface area contributed by atoms with E-state index in [0.29, 0.717) is 23.7 Å². The van der Waals surface area contributed by atoms with Gasteiger partial charge in [-0.1, -0.05) is 42.4 Å². The molecule has 0 saturated carbocycles. The second-order valence-electron chi connectivity index (χ2n) is 5.18. The summed E-state index contributed by atoms with van der Waals surface area (Å²) in [5.74, 6) is -0.814. The Bertz CT molecular complexity index is 645. The van der Waals surface area contributed by atoms with Gasteiger partial charge in [-0.05, 0) is 25.3 Å². The van der Waals surface area contributed by atoms with Crippen LogP contribution >= 0.6 is 0 Å². The summed E-state index contributed by atoms with van der Waals surface area (Å²) in [6, 6.07) is 9.79. The van der Waals surface area contributed by atoms with E-state index in [1.807, 2.05) is 37.3 Å². The van der Waals surface area contributed by atoms with Crippen molar-refractivity contribution in [2.24, 2.45) is 0 Å². The minimum atomic E-state index is -0.727. The molecule has 0 radical (unpaired) electrons. The molecule has 2 rings (SSSR count). The molecule has 1 heterocycles. The molecule has 0 bridgehead atoms. The molecular weight excluding hydrogens is 282 g/mol. The lowest BCUT2D eigenvalue weighted by molar-refractivity contribution is -0.136. The van der Waals surface area contributed by atoms with Gasteiger partial charge in [-0.2, -0.15) is 0 Å². The number of amides is 2. The van der Waals surface area contributed by atoms with Gasteiger partial charge in [0.1, 0.15) is 11.4 Å². The van der Waals surface area contributed by atoms with Crippen molar-refractivity contribution < 1.29 is 14.1 Å². The Balaban J connectivity index is 1.88. The number of anilines is 1. The van der Waals surface area contributed by atoms with Gasteiger partial charge in [0, 0.05) is 6.54 Å². The number of benzene rings is 1. The van der Waals surface area contributed by atoms with E-state index in [1.165, 1.54) is 0 Å². The standard InChI is InChI=1S/C16H19N3O3/c1-10(13-7-5-4-6-8-13)9-17-15(20)16(21)18-14-11(2)19-22-12(14)3/h4-8,10H,9H2,1-3H3,(H,17,20)(H,18,21)/t10-/m1/s1. The van der Waals surface area contributed by atoms with Crippen molar-refractivity contribution in [2.45, 2.75) is 26.7 Å². The van der Waals surface area contributed by atoms with Crippen LogP contribution in [0.4, 0.5) is 5.69 Å². The van der Waals surface area contributed by atoms with E-state index in [1.54, 1.807) is 13.8 Å². The summed E-state index contributed by atoms with van der Waals surface area (Å²) in [7, 11) is 0. The summed E-state index contributed by atoms with van der Waals surface area (Å²) in [5, 5.41) is 8.87. The zero-order valence-electron chi connectivity index (χ0n) is 12.8. The van der Waals surface area contributed by atoms with Gasteiger partial charge >= 0.3 is 11.8 Å². The fraction of sp³-hybridized carbons (Fsp3) is 0.312. The lowest BCUT2D eigenvalue weighted by atomic mass is 10.0. The third-order valence-corrected chi connectivity index (χ3v) is 3.42. The van der Waals surface area contributed by atoms with Gasteiger partial charge in [0.05, 0.1) is 0 Å². The number of aromatic nitrogens is 1. The van der Waals surface area contributed by atoms with E-state index < -0.39 is 11.8 Å². The van der Waals surface area contributed by atoms with E-state index in [2.05, 4.69) is 15.8 Å². The average Bonchev–Trinajstić information content (AvgIpc) is 2.84. The molecule has 2 amide bonds. The number of nitrogens with zero attached hydrogens (tertiary/aromatic N) is 1. The Morgan fingerprint density at radius 1 is 1.18 bits per heavy atom. The highest BCUT2D eigenvalue weighted by molar-refractivity contribution is 6.39. The molecular formula is C16H19N3O3. The van der Waals surface area contributed by atoms with Gasteiger partial charge in [0.2, 0.25) is 0 Å². The van der Waals surface area contributed by atoms with Crippen molar-refractivity contribution in [3.63, 3.8) is 0 Å². The third kappa shape index (κ3) is 3.72. The number of carbonyl (C=O) groups is 2. The van der Waals surface area contributed by atoms with Crippen molar-refractivity contribution in [1.29, 1.82) is 0 Å². The second-order valence-corrected chi connectivity index (χ2v) is 5.18. The Hall–Kier alpha value is -2.63. The van der Waals surface area contributed by atoms with Gasteiger partial charge in [-0.3, -0.25) is 9.59 Å². The molecule has 0 fully saturated rings. The molecule has 1 aromatic heterocycles. The normalized spacial score (nSPS) is 11.8. The minimum Gasteiger partial charge on any atom is -0.359 e. The van der Waals surface area contributed by atoms with Crippen LogP contribution in [-0.2, 0) is 9.59 Å². The first-order chi connectivity index (χ1) is 10.5. The number of carbonyl (C=O) groups excluding carboxylic acids is 2. The highest BCUT2D eigenvalue weighted by Crippen LogP contribution is 2.18. The monoisotopic (exact) mass is 301 g/mol. The van der Waals surface area contributed by atoms with E-state index in [4.69, 9.17) is 4.52 Å². The van der Waals surface area contributed by atoms with Crippen molar-refractivity contribution in [1.82, 2.24) is 10.5 Å². The maximum atomic E-state index is 11.9. The molecule has 116 valence electrons. The number of hydrogen-bond donors (Lipinski definition) is 2. The number of rotatable bonds is 4. The largest absolute Gasteiger partial charge is 0.359 e. The highest BCUT2D eigenvalue weighted by atomic mass is 16.5. The molecule has 1 aromatic carbocycles. The molecule has 6 nitrogen and oxygen atoms in total. The number of aryl methyl sites for hydroxylation is 2. The van der Waals surface area contributed by atoms with Crippen LogP contribution in [0.3, 0.4) is 0 Å². The van der Waals surface area contributed by atoms with Crippen LogP contribution < -0.4 is 10.6 Å². The Labute approximate surface area is 128 Å². The number of nitrogens with one attached hydrogen (secondary N) is 2. The van der Waals surface area contributed by atoms with Crippen LogP contribution in [-0.4, -0.2) is 23.5 Å². The first-order valence-corrected chi connectivity index (χ1v) is 7.06. The second kappa shape index (κ2) is 6.89. The van der Waals surface area contributed by atoms with Gasteiger partial charge in [0.15, 0.2) is 5.76 Å². The summed E-state index contributed by atoms with van der Waals surface area (Å²) < 4.78 is 4.94. The zero-order valence-corrected chi connectivity index (χ0v) is 12.8. The lowest BCUT2D eigenvalue weighted by Gasteiger charge is -2.12. The maximum absolute atomic E-state index is 11.9. The molecule has 1 atom stereocenters. The molecule has 6 heteroatoms. The fourth-order valence-corrected chi connectivity index (χ4v) is 2.06. The fourth-order valence-electron chi connectivity index (χ4n) is 2.06. The molecule has 2 N–H and O–H groups in total. The predicted octanol–water partition coefficient (Wildman–Crippen LogP) is 2.15. The van der Waals surface area contributed by atoms with Crippen molar-refractivity contribution in [3.05, 3.63) is 47.3 Å². The van der Waals surface area contributed by atoms with E-state index in [9.17, 15) is 9.59 Å². The van der Waals surface area contributed by atoms with Crippen LogP contribution in [0.25, 0.3) is 0 Å². The van der Waals surface area contributed by atoms with Crippen LogP contribution in [0.2, 0.25) is 0 Å². The third-order valence-electron chi connectivity index (χ3n) is 3.42. The Kier molecular flexibility index (Phi) is 4.93. The summed E-state index contributed by atoms with van der Waals surface area (Å²) in [6.45, 7) is 5.74. The topological polar surface area (TPSA) is 84.2 Å². The van der Waals surface area contributed by atoms with Crippen molar-refractivity contribution in [2.75, 3.05) is 11.9 Å². The molecule has 0 saturated heterocycles.